The number of hydrogen-bond acceptors (Lipinski definition) is 6. The van der Waals surface area contributed by atoms with E-state index in [1.165, 1.54) is 0 Å². The summed E-state index contributed by atoms with van der Waals surface area (Å²) in [6.07, 6.45) is 0. The molecule has 2 aromatic heterocycles. The van der Waals surface area contributed by atoms with Crippen molar-refractivity contribution in [2.24, 2.45) is 0 Å². The molecule has 0 radical (unpaired) electrons. The van der Waals surface area contributed by atoms with Crippen LogP contribution in [0.25, 0.3) is 102 Å². The van der Waals surface area contributed by atoms with Crippen molar-refractivity contribution in [2.75, 3.05) is 0 Å². The van der Waals surface area contributed by atoms with Gasteiger partial charge in [0.2, 0.25) is 0 Å². The number of hydrogen-bond donors (Lipinski definition) is 0. The van der Waals surface area contributed by atoms with E-state index in [2.05, 4.69) is 91.0 Å². The standard InChI is InChI=1S/C54H36N6/c1-6-17-37(18-7-1)44-33-34-47(45-27-16-28-46(35-45)54-59-51(41-23-12-4-13-24-41)56-52(60-54)42-25-14-5-15-26-42)48(36-44)38-29-31-43(32-30-38)53-57-49(39-19-8-2-9-20-39)55-50(58-53)40-21-10-3-11-22-40/h1-36H. The van der Waals surface area contributed by atoms with Crippen LogP contribution in [0.1, 0.15) is 0 Å². The average Bonchev–Trinajstić information content (AvgIpc) is 3.35. The van der Waals surface area contributed by atoms with Gasteiger partial charge in [0, 0.05) is 33.4 Å². The second kappa shape index (κ2) is 16.3. The van der Waals surface area contributed by atoms with E-state index in [-0.39, 0.29) is 0 Å². The third-order valence-corrected chi connectivity index (χ3v) is 10.4. The van der Waals surface area contributed by atoms with Gasteiger partial charge in [-0.2, -0.15) is 0 Å². The maximum atomic E-state index is 5.02. The lowest BCUT2D eigenvalue weighted by Crippen LogP contribution is -2.00. The summed E-state index contributed by atoms with van der Waals surface area (Å²) in [7, 11) is 0. The summed E-state index contributed by atoms with van der Waals surface area (Å²) in [5, 5.41) is 0. The fourth-order valence-corrected chi connectivity index (χ4v) is 7.35. The molecule has 0 fully saturated rings. The normalized spacial score (nSPS) is 11.0. The van der Waals surface area contributed by atoms with E-state index in [0.29, 0.717) is 34.9 Å². The summed E-state index contributed by atoms with van der Waals surface area (Å²) in [4.78, 5) is 29.8. The Morgan fingerprint density at radius 2 is 0.467 bits per heavy atom. The highest BCUT2D eigenvalue weighted by Crippen LogP contribution is 2.38. The molecule has 282 valence electrons. The number of nitrogens with zero attached hydrogens (tertiary/aromatic N) is 6. The second-order valence-corrected chi connectivity index (χ2v) is 14.4. The maximum absolute atomic E-state index is 5.02. The molecule has 0 aliphatic heterocycles. The van der Waals surface area contributed by atoms with Crippen molar-refractivity contribution in [3.63, 3.8) is 0 Å². The van der Waals surface area contributed by atoms with E-state index in [9.17, 15) is 0 Å². The van der Waals surface area contributed by atoms with Gasteiger partial charge in [-0.05, 0) is 45.5 Å². The minimum Gasteiger partial charge on any atom is -0.208 e. The van der Waals surface area contributed by atoms with Crippen LogP contribution in [0.15, 0.2) is 218 Å². The monoisotopic (exact) mass is 768 g/mol. The molecule has 6 nitrogen and oxygen atoms in total. The zero-order valence-corrected chi connectivity index (χ0v) is 32.5. The Labute approximate surface area is 348 Å². The van der Waals surface area contributed by atoms with Crippen LogP contribution in [-0.2, 0) is 0 Å². The van der Waals surface area contributed by atoms with E-state index in [0.717, 1.165) is 66.8 Å². The fraction of sp³-hybridized carbons (Fsp3) is 0. The Balaban J connectivity index is 1.07. The fourth-order valence-electron chi connectivity index (χ4n) is 7.35. The van der Waals surface area contributed by atoms with Crippen molar-refractivity contribution in [3.8, 4) is 102 Å². The number of benzene rings is 8. The lowest BCUT2D eigenvalue weighted by molar-refractivity contribution is 1.07. The van der Waals surface area contributed by atoms with Crippen molar-refractivity contribution in [2.45, 2.75) is 0 Å². The minimum atomic E-state index is 0.610. The lowest BCUT2D eigenvalue weighted by atomic mass is 9.90. The average molecular weight is 769 g/mol. The molecule has 60 heavy (non-hydrogen) atoms. The first-order chi connectivity index (χ1) is 29.7. The van der Waals surface area contributed by atoms with Gasteiger partial charge >= 0.3 is 0 Å². The molecule has 2 heterocycles. The van der Waals surface area contributed by atoms with Crippen molar-refractivity contribution < 1.29 is 0 Å². The molecule has 0 amide bonds. The van der Waals surface area contributed by atoms with Gasteiger partial charge in [-0.25, -0.2) is 29.9 Å². The van der Waals surface area contributed by atoms with Crippen molar-refractivity contribution in [1.29, 1.82) is 0 Å². The summed E-state index contributed by atoms with van der Waals surface area (Å²) < 4.78 is 0. The largest absolute Gasteiger partial charge is 0.208 e. The molecule has 0 saturated heterocycles. The molecule has 10 rings (SSSR count). The topological polar surface area (TPSA) is 77.3 Å². The van der Waals surface area contributed by atoms with Gasteiger partial charge in [-0.1, -0.05) is 206 Å². The van der Waals surface area contributed by atoms with E-state index in [1.54, 1.807) is 0 Å². The van der Waals surface area contributed by atoms with Gasteiger partial charge in [0.15, 0.2) is 34.9 Å². The van der Waals surface area contributed by atoms with Crippen LogP contribution >= 0.6 is 0 Å². The van der Waals surface area contributed by atoms with Crippen LogP contribution in [-0.4, -0.2) is 29.9 Å². The molecule has 0 unspecified atom stereocenters. The van der Waals surface area contributed by atoms with E-state index in [1.807, 2.05) is 127 Å². The van der Waals surface area contributed by atoms with Gasteiger partial charge in [0.1, 0.15) is 0 Å². The highest BCUT2D eigenvalue weighted by Gasteiger charge is 2.17. The zero-order valence-electron chi connectivity index (χ0n) is 32.5. The lowest BCUT2D eigenvalue weighted by Gasteiger charge is -2.15. The molecule has 0 saturated carbocycles. The van der Waals surface area contributed by atoms with E-state index in [4.69, 9.17) is 29.9 Å². The summed E-state index contributed by atoms with van der Waals surface area (Å²) in [6, 6.07) is 74.4. The summed E-state index contributed by atoms with van der Waals surface area (Å²) in [5.41, 5.74) is 12.1. The molecule has 8 aromatic carbocycles. The van der Waals surface area contributed by atoms with Crippen LogP contribution in [0.2, 0.25) is 0 Å². The quantitative estimate of drug-likeness (QED) is 0.145. The highest BCUT2D eigenvalue weighted by atomic mass is 15.0. The number of aromatic nitrogens is 6. The first-order valence-electron chi connectivity index (χ1n) is 19.9. The minimum absolute atomic E-state index is 0.610. The second-order valence-electron chi connectivity index (χ2n) is 14.4. The van der Waals surface area contributed by atoms with Gasteiger partial charge in [0.25, 0.3) is 0 Å². The predicted octanol–water partition coefficient (Wildman–Crippen LogP) is 13.1. The molecule has 10 aromatic rings. The van der Waals surface area contributed by atoms with Gasteiger partial charge in [-0.3, -0.25) is 0 Å². The molecular weight excluding hydrogens is 733 g/mol. The molecule has 0 N–H and O–H groups in total. The molecule has 6 heteroatoms. The molecule has 0 atom stereocenters. The van der Waals surface area contributed by atoms with Crippen LogP contribution in [0.3, 0.4) is 0 Å². The Bertz CT molecular complexity index is 2930. The summed E-state index contributed by atoms with van der Waals surface area (Å²) in [5.74, 6) is 3.74. The number of rotatable bonds is 9. The van der Waals surface area contributed by atoms with Gasteiger partial charge in [-0.15, -0.1) is 0 Å². The Morgan fingerprint density at radius 1 is 0.167 bits per heavy atom. The highest BCUT2D eigenvalue weighted by molar-refractivity contribution is 5.89. The summed E-state index contributed by atoms with van der Waals surface area (Å²) in [6.45, 7) is 0. The van der Waals surface area contributed by atoms with Gasteiger partial charge < -0.3 is 0 Å². The Kier molecular flexibility index (Phi) is 9.84. The van der Waals surface area contributed by atoms with Crippen molar-refractivity contribution in [1.82, 2.24) is 29.9 Å². The van der Waals surface area contributed by atoms with E-state index >= 15 is 0 Å². The van der Waals surface area contributed by atoms with Crippen LogP contribution in [0, 0.1) is 0 Å². The Hall–Kier alpha value is -8.22. The predicted molar refractivity (Wildman–Crippen MR) is 242 cm³/mol. The molecule has 0 spiro atoms. The third kappa shape index (κ3) is 7.61. The Morgan fingerprint density at radius 3 is 0.883 bits per heavy atom. The molecule has 0 bridgehead atoms. The van der Waals surface area contributed by atoms with Crippen LogP contribution in [0.5, 0.6) is 0 Å². The third-order valence-electron chi connectivity index (χ3n) is 10.4. The van der Waals surface area contributed by atoms with Gasteiger partial charge in [0.05, 0.1) is 0 Å². The zero-order chi connectivity index (χ0) is 40.1. The van der Waals surface area contributed by atoms with Crippen molar-refractivity contribution >= 4 is 0 Å². The van der Waals surface area contributed by atoms with Crippen LogP contribution in [0.4, 0.5) is 0 Å². The first kappa shape index (κ1) is 36.1. The maximum Gasteiger partial charge on any atom is 0.164 e. The van der Waals surface area contributed by atoms with Crippen molar-refractivity contribution in [3.05, 3.63) is 218 Å². The summed E-state index contributed by atoms with van der Waals surface area (Å²) >= 11 is 0. The SMILES string of the molecule is c1ccc(-c2ccc(-c3cccc(-c4nc(-c5ccccc5)nc(-c5ccccc5)n4)c3)c(-c3ccc(-c4nc(-c5ccccc5)nc(-c5ccccc5)n4)cc3)c2)cc1. The van der Waals surface area contributed by atoms with Crippen LogP contribution < -0.4 is 0 Å². The molecule has 0 aliphatic carbocycles. The molecule has 0 aliphatic rings. The first-order valence-corrected chi connectivity index (χ1v) is 19.9. The molecular formula is C54H36N6. The van der Waals surface area contributed by atoms with E-state index < -0.39 is 0 Å². The smallest absolute Gasteiger partial charge is 0.164 e.